The molecule has 24 heavy (non-hydrogen) atoms. The molecule has 0 unspecified atom stereocenters. The number of rotatable bonds is 5. The zero-order valence-corrected chi connectivity index (χ0v) is 16.0. The van der Waals surface area contributed by atoms with Gasteiger partial charge in [-0.05, 0) is 45.8 Å². The van der Waals surface area contributed by atoms with Gasteiger partial charge in [0.2, 0.25) is 5.91 Å². The number of carbonyl (C=O) groups is 2. The molecular weight excluding hydrogens is 415 g/mol. The number of carbonyl (C=O) groups excluding carboxylic acids is 2. The molecule has 0 aliphatic carbocycles. The molecule has 7 heteroatoms. The SMILES string of the molecule is CN(Cc1ccc(Cl)c(Cl)c1)C(=O)CNC(=O)c1ccccc1Br. The van der Waals surface area contributed by atoms with Crippen molar-refractivity contribution in [2.24, 2.45) is 0 Å². The molecule has 0 aliphatic heterocycles. The Morgan fingerprint density at radius 3 is 2.50 bits per heavy atom. The molecule has 0 spiro atoms. The molecule has 0 heterocycles. The van der Waals surface area contributed by atoms with Crippen LogP contribution in [0, 0.1) is 0 Å². The number of amides is 2. The van der Waals surface area contributed by atoms with Crippen molar-refractivity contribution in [3.8, 4) is 0 Å². The quantitative estimate of drug-likeness (QED) is 0.776. The third kappa shape index (κ3) is 4.97. The Morgan fingerprint density at radius 2 is 1.83 bits per heavy atom. The summed E-state index contributed by atoms with van der Waals surface area (Å²) in [5, 5.41) is 3.53. The first kappa shape index (κ1) is 18.8. The Morgan fingerprint density at radius 1 is 1.12 bits per heavy atom. The van der Waals surface area contributed by atoms with E-state index in [9.17, 15) is 9.59 Å². The van der Waals surface area contributed by atoms with Gasteiger partial charge in [-0.2, -0.15) is 0 Å². The van der Waals surface area contributed by atoms with Crippen LogP contribution in [0.4, 0.5) is 0 Å². The maximum Gasteiger partial charge on any atom is 0.252 e. The number of hydrogen-bond acceptors (Lipinski definition) is 2. The van der Waals surface area contributed by atoms with Crippen molar-refractivity contribution >= 4 is 50.9 Å². The lowest BCUT2D eigenvalue weighted by atomic mass is 10.2. The smallest absolute Gasteiger partial charge is 0.252 e. The first-order chi connectivity index (χ1) is 11.4. The van der Waals surface area contributed by atoms with Crippen molar-refractivity contribution in [1.82, 2.24) is 10.2 Å². The van der Waals surface area contributed by atoms with E-state index < -0.39 is 0 Å². The molecule has 0 saturated heterocycles. The van der Waals surface area contributed by atoms with Gasteiger partial charge in [0.1, 0.15) is 0 Å². The molecule has 0 aromatic heterocycles. The van der Waals surface area contributed by atoms with Gasteiger partial charge < -0.3 is 10.2 Å². The second kappa shape index (κ2) is 8.51. The third-order valence-corrected chi connectivity index (χ3v) is 4.78. The largest absolute Gasteiger partial charge is 0.343 e. The molecular formula is C17H15BrCl2N2O2. The summed E-state index contributed by atoms with van der Waals surface area (Å²) in [6, 6.07) is 12.2. The summed E-state index contributed by atoms with van der Waals surface area (Å²) in [7, 11) is 1.66. The standard InChI is InChI=1S/C17H15BrCl2N2O2/c1-22(10-11-6-7-14(19)15(20)8-11)16(23)9-21-17(24)12-4-2-3-5-13(12)18/h2-8H,9-10H2,1H3,(H,21,24). The van der Waals surface area contributed by atoms with Gasteiger partial charge in [0, 0.05) is 18.1 Å². The van der Waals surface area contributed by atoms with Crippen LogP contribution in [-0.4, -0.2) is 30.3 Å². The van der Waals surface area contributed by atoms with Crippen LogP contribution in [-0.2, 0) is 11.3 Å². The minimum atomic E-state index is -0.307. The highest BCUT2D eigenvalue weighted by atomic mass is 79.9. The van der Waals surface area contributed by atoms with Crippen molar-refractivity contribution in [2.75, 3.05) is 13.6 Å². The van der Waals surface area contributed by atoms with Gasteiger partial charge in [-0.15, -0.1) is 0 Å². The highest BCUT2D eigenvalue weighted by Gasteiger charge is 2.14. The first-order valence-corrected chi connectivity index (χ1v) is 8.64. The fraction of sp³-hybridized carbons (Fsp3) is 0.176. The minimum Gasteiger partial charge on any atom is -0.343 e. The Labute approximate surface area is 158 Å². The van der Waals surface area contributed by atoms with Gasteiger partial charge in [0.05, 0.1) is 22.2 Å². The van der Waals surface area contributed by atoms with Gasteiger partial charge in [0.15, 0.2) is 0 Å². The molecule has 0 saturated carbocycles. The van der Waals surface area contributed by atoms with Crippen molar-refractivity contribution < 1.29 is 9.59 Å². The van der Waals surface area contributed by atoms with E-state index >= 15 is 0 Å². The van der Waals surface area contributed by atoms with Crippen LogP contribution in [0.15, 0.2) is 46.9 Å². The van der Waals surface area contributed by atoms with Crippen molar-refractivity contribution in [3.63, 3.8) is 0 Å². The van der Waals surface area contributed by atoms with Gasteiger partial charge in [0.25, 0.3) is 5.91 Å². The normalized spacial score (nSPS) is 10.3. The zero-order valence-electron chi connectivity index (χ0n) is 12.9. The van der Waals surface area contributed by atoms with E-state index in [1.54, 1.807) is 43.4 Å². The number of likely N-dealkylation sites (N-methyl/N-ethyl adjacent to an activating group) is 1. The predicted octanol–water partition coefficient (Wildman–Crippen LogP) is 4.14. The summed E-state index contributed by atoms with van der Waals surface area (Å²) in [6.07, 6.45) is 0. The summed E-state index contributed by atoms with van der Waals surface area (Å²) in [6.45, 7) is 0.290. The van der Waals surface area contributed by atoms with Gasteiger partial charge in [-0.25, -0.2) is 0 Å². The van der Waals surface area contributed by atoms with Crippen LogP contribution in [0.5, 0.6) is 0 Å². The molecule has 0 atom stereocenters. The van der Waals surface area contributed by atoms with Gasteiger partial charge in [-0.1, -0.05) is 41.4 Å². The predicted molar refractivity (Wildman–Crippen MR) is 99.4 cm³/mol. The molecule has 2 aromatic carbocycles. The van der Waals surface area contributed by atoms with E-state index in [1.807, 2.05) is 6.07 Å². The van der Waals surface area contributed by atoms with Crippen molar-refractivity contribution in [1.29, 1.82) is 0 Å². The summed E-state index contributed by atoms with van der Waals surface area (Å²) < 4.78 is 0.680. The maximum absolute atomic E-state index is 12.2. The van der Waals surface area contributed by atoms with Gasteiger partial charge in [-0.3, -0.25) is 9.59 Å². The van der Waals surface area contributed by atoms with Crippen LogP contribution in [0.3, 0.4) is 0 Å². The van der Waals surface area contributed by atoms with Crippen LogP contribution in [0.1, 0.15) is 15.9 Å². The summed E-state index contributed by atoms with van der Waals surface area (Å²) in [4.78, 5) is 25.8. The Kier molecular flexibility index (Phi) is 6.66. The molecule has 1 N–H and O–H groups in total. The maximum atomic E-state index is 12.2. The fourth-order valence-corrected chi connectivity index (χ4v) is 2.82. The number of nitrogens with zero attached hydrogens (tertiary/aromatic N) is 1. The number of benzene rings is 2. The Hall–Kier alpha value is -1.56. The second-order valence-electron chi connectivity index (χ2n) is 5.16. The average Bonchev–Trinajstić information content (AvgIpc) is 2.56. The van der Waals surface area contributed by atoms with E-state index in [1.165, 1.54) is 4.90 Å². The molecule has 0 aliphatic rings. The van der Waals surface area contributed by atoms with Crippen molar-refractivity contribution in [2.45, 2.75) is 6.54 Å². The third-order valence-electron chi connectivity index (χ3n) is 3.35. The highest BCUT2D eigenvalue weighted by Crippen LogP contribution is 2.23. The molecule has 126 valence electrons. The second-order valence-corrected chi connectivity index (χ2v) is 6.83. The van der Waals surface area contributed by atoms with Crippen LogP contribution < -0.4 is 5.32 Å². The van der Waals surface area contributed by atoms with E-state index in [4.69, 9.17) is 23.2 Å². The molecule has 0 bridgehead atoms. The van der Waals surface area contributed by atoms with Crippen molar-refractivity contribution in [3.05, 3.63) is 68.1 Å². The average molecular weight is 430 g/mol. The Balaban J connectivity index is 1.91. The lowest BCUT2D eigenvalue weighted by molar-refractivity contribution is -0.129. The van der Waals surface area contributed by atoms with Crippen LogP contribution in [0.25, 0.3) is 0 Å². The van der Waals surface area contributed by atoms with E-state index in [0.717, 1.165) is 5.56 Å². The summed E-state index contributed by atoms with van der Waals surface area (Å²) in [5.41, 5.74) is 1.34. The molecule has 4 nitrogen and oxygen atoms in total. The van der Waals surface area contributed by atoms with Crippen LogP contribution in [0.2, 0.25) is 10.0 Å². The molecule has 2 rings (SSSR count). The topological polar surface area (TPSA) is 49.4 Å². The lowest BCUT2D eigenvalue weighted by Crippen LogP contribution is -2.37. The molecule has 2 aromatic rings. The molecule has 2 amide bonds. The monoisotopic (exact) mass is 428 g/mol. The Bertz CT molecular complexity index is 768. The van der Waals surface area contributed by atoms with E-state index in [2.05, 4.69) is 21.2 Å². The molecule has 0 radical (unpaired) electrons. The zero-order chi connectivity index (χ0) is 17.7. The van der Waals surface area contributed by atoms with Crippen LogP contribution >= 0.6 is 39.1 Å². The summed E-state index contributed by atoms with van der Waals surface area (Å²) in [5.74, 6) is -0.514. The highest BCUT2D eigenvalue weighted by molar-refractivity contribution is 9.10. The van der Waals surface area contributed by atoms with E-state index in [0.29, 0.717) is 26.6 Å². The van der Waals surface area contributed by atoms with Gasteiger partial charge >= 0.3 is 0 Å². The number of halogens is 3. The number of hydrogen-bond donors (Lipinski definition) is 1. The van der Waals surface area contributed by atoms with E-state index in [-0.39, 0.29) is 18.4 Å². The lowest BCUT2D eigenvalue weighted by Gasteiger charge is -2.18. The number of nitrogens with one attached hydrogen (secondary N) is 1. The first-order valence-electron chi connectivity index (χ1n) is 7.09. The molecule has 0 fully saturated rings. The fourth-order valence-electron chi connectivity index (χ4n) is 2.03. The summed E-state index contributed by atoms with van der Waals surface area (Å²) >= 11 is 15.1. The minimum absolute atomic E-state index is 0.0853.